The van der Waals surface area contributed by atoms with Gasteiger partial charge in [-0.1, -0.05) is 18.2 Å². The number of hydrogen-bond donors (Lipinski definition) is 2. The Bertz CT molecular complexity index is 449. The number of benzene rings is 1. The molecule has 1 rings (SSSR count). The fraction of sp³-hybridized carbons (Fsp3) is 0.333. The van der Waals surface area contributed by atoms with Gasteiger partial charge in [-0.25, -0.2) is 0 Å². The van der Waals surface area contributed by atoms with Crippen LogP contribution in [0.15, 0.2) is 24.3 Å². The first-order valence-electron chi connectivity index (χ1n) is 5.27. The number of aliphatic carboxylic acids is 1. The second-order valence-electron chi connectivity index (χ2n) is 3.67. The molecule has 2 N–H and O–H groups in total. The first-order chi connectivity index (χ1) is 8.47. The first kappa shape index (κ1) is 14.3. The second-order valence-corrected chi connectivity index (χ2v) is 4.11. The molecule has 5 nitrogen and oxygen atoms in total. The Kier molecular flexibility index (Phi) is 4.97. The minimum atomic E-state index is -1.12. The minimum Gasteiger partial charge on any atom is -0.496 e. The van der Waals surface area contributed by atoms with Crippen LogP contribution in [0, 0.1) is 0 Å². The Morgan fingerprint density at radius 1 is 1.39 bits per heavy atom. The average Bonchev–Trinajstić information content (AvgIpc) is 2.37. The summed E-state index contributed by atoms with van der Waals surface area (Å²) >= 11 is 6.00. The van der Waals surface area contributed by atoms with E-state index in [-0.39, 0.29) is 0 Å². The zero-order chi connectivity index (χ0) is 13.7. The Morgan fingerprint density at radius 2 is 2.00 bits per heavy atom. The van der Waals surface area contributed by atoms with Gasteiger partial charge in [0.1, 0.15) is 17.2 Å². The zero-order valence-electron chi connectivity index (χ0n) is 10.0. The average molecular weight is 272 g/mol. The van der Waals surface area contributed by atoms with E-state index in [0.717, 1.165) is 0 Å². The Labute approximate surface area is 110 Å². The van der Waals surface area contributed by atoms with Crippen molar-refractivity contribution in [2.24, 2.45) is 0 Å². The van der Waals surface area contributed by atoms with E-state index >= 15 is 0 Å². The molecule has 18 heavy (non-hydrogen) atoms. The van der Waals surface area contributed by atoms with Crippen molar-refractivity contribution < 1.29 is 19.4 Å². The molecule has 0 spiro atoms. The van der Waals surface area contributed by atoms with Gasteiger partial charge in [0.2, 0.25) is 5.91 Å². The van der Waals surface area contributed by atoms with Crippen molar-refractivity contribution in [2.45, 2.75) is 18.3 Å². The number of rotatable bonds is 5. The predicted octanol–water partition coefficient (Wildman–Crippen LogP) is 1.56. The van der Waals surface area contributed by atoms with Crippen molar-refractivity contribution in [1.29, 1.82) is 0 Å². The summed E-state index contributed by atoms with van der Waals surface area (Å²) in [4.78, 5) is 22.4. The van der Waals surface area contributed by atoms with E-state index < -0.39 is 23.3 Å². The van der Waals surface area contributed by atoms with Gasteiger partial charge in [0.25, 0.3) is 0 Å². The third-order valence-corrected chi connectivity index (χ3v) is 2.80. The molecule has 1 aromatic rings. The molecular weight excluding hydrogens is 258 g/mol. The normalized spacial score (nSPS) is 13.5. The SMILES string of the molecule is COc1ccccc1C(Cl)C(=O)NC(C)C(=O)O. The van der Waals surface area contributed by atoms with E-state index in [0.29, 0.717) is 11.3 Å². The summed E-state index contributed by atoms with van der Waals surface area (Å²) in [6, 6.07) is 5.82. The van der Waals surface area contributed by atoms with Crippen molar-refractivity contribution in [3.8, 4) is 5.75 Å². The summed E-state index contributed by atoms with van der Waals surface area (Å²) in [6.07, 6.45) is 0. The molecule has 2 atom stereocenters. The number of alkyl halides is 1. The van der Waals surface area contributed by atoms with Crippen LogP contribution in [-0.2, 0) is 9.59 Å². The molecule has 0 aliphatic carbocycles. The van der Waals surface area contributed by atoms with E-state index in [2.05, 4.69) is 5.32 Å². The third-order valence-electron chi connectivity index (χ3n) is 2.37. The largest absolute Gasteiger partial charge is 0.496 e. The highest BCUT2D eigenvalue weighted by Gasteiger charge is 2.24. The van der Waals surface area contributed by atoms with Crippen LogP contribution in [-0.4, -0.2) is 30.1 Å². The van der Waals surface area contributed by atoms with Gasteiger partial charge in [-0.15, -0.1) is 11.6 Å². The lowest BCUT2D eigenvalue weighted by atomic mass is 10.1. The summed E-state index contributed by atoms with van der Waals surface area (Å²) in [5.74, 6) is -1.21. The van der Waals surface area contributed by atoms with Crippen molar-refractivity contribution in [3.05, 3.63) is 29.8 Å². The maximum atomic E-state index is 11.8. The lowest BCUT2D eigenvalue weighted by Gasteiger charge is -2.15. The maximum absolute atomic E-state index is 11.8. The number of nitrogens with one attached hydrogen (secondary N) is 1. The van der Waals surface area contributed by atoms with Crippen LogP contribution >= 0.6 is 11.6 Å². The Balaban J connectivity index is 2.83. The van der Waals surface area contributed by atoms with E-state index in [1.54, 1.807) is 24.3 Å². The molecule has 6 heteroatoms. The molecule has 1 amide bonds. The van der Waals surface area contributed by atoms with E-state index in [1.165, 1.54) is 14.0 Å². The monoisotopic (exact) mass is 271 g/mol. The molecule has 0 fully saturated rings. The standard InChI is InChI=1S/C12H14ClNO4/c1-7(12(16)17)14-11(15)10(13)8-5-3-4-6-9(8)18-2/h3-7,10H,1-2H3,(H,14,15)(H,16,17). The van der Waals surface area contributed by atoms with Gasteiger partial charge in [-0.3, -0.25) is 9.59 Å². The molecule has 0 saturated carbocycles. The van der Waals surface area contributed by atoms with E-state index in [9.17, 15) is 9.59 Å². The van der Waals surface area contributed by atoms with Crippen LogP contribution in [0.4, 0.5) is 0 Å². The van der Waals surface area contributed by atoms with Crippen LogP contribution in [0.25, 0.3) is 0 Å². The molecule has 1 aromatic carbocycles. The minimum absolute atomic E-state index is 0.482. The molecule has 0 saturated heterocycles. The number of carbonyl (C=O) groups is 2. The van der Waals surface area contributed by atoms with Gasteiger partial charge in [-0.2, -0.15) is 0 Å². The highest BCUT2D eigenvalue weighted by molar-refractivity contribution is 6.31. The number of methoxy groups -OCH3 is 1. The summed E-state index contributed by atoms with van der Waals surface area (Å²) in [7, 11) is 1.47. The third kappa shape index (κ3) is 3.37. The van der Waals surface area contributed by atoms with Crippen molar-refractivity contribution >= 4 is 23.5 Å². The van der Waals surface area contributed by atoms with Gasteiger partial charge < -0.3 is 15.2 Å². The molecular formula is C12H14ClNO4. The van der Waals surface area contributed by atoms with Crippen molar-refractivity contribution in [3.63, 3.8) is 0 Å². The molecule has 0 bridgehead atoms. The molecule has 0 aromatic heterocycles. The molecule has 0 heterocycles. The van der Waals surface area contributed by atoms with Gasteiger partial charge >= 0.3 is 5.97 Å². The van der Waals surface area contributed by atoms with E-state index in [4.69, 9.17) is 21.4 Å². The lowest BCUT2D eigenvalue weighted by molar-refractivity contribution is -0.141. The fourth-order valence-electron chi connectivity index (χ4n) is 1.37. The van der Waals surface area contributed by atoms with Crippen LogP contribution in [0.2, 0.25) is 0 Å². The smallest absolute Gasteiger partial charge is 0.325 e. The fourth-order valence-corrected chi connectivity index (χ4v) is 1.61. The van der Waals surface area contributed by atoms with Gasteiger partial charge in [-0.05, 0) is 13.0 Å². The Morgan fingerprint density at radius 3 is 2.56 bits per heavy atom. The predicted molar refractivity (Wildman–Crippen MR) is 66.8 cm³/mol. The number of carbonyl (C=O) groups excluding carboxylic acids is 1. The quantitative estimate of drug-likeness (QED) is 0.797. The number of carboxylic acids is 1. The van der Waals surface area contributed by atoms with Gasteiger partial charge in [0.15, 0.2) is 0 Å². The number of ether oxygens (including phenoxy) is 1. The van der Waals surface area contributed by atoms with Crippen LogP contribution in [0.3, 0.4) is 0 Å². The van der Waals surface area contributed by atoms with Crippen molar-refractivity contribution in [2.75, 3.05) is 7.11 Å². The van der Waals surface area contributed by atoms with E-state index in [1.807, 2.05) is 0 Å². The molecule has 0 radical (unpaired) electrons. The molecule has 0 aliphatic rings. The lowest BCUT2D eigenvalue weighted by Crippen LogP contribution is -2.40. The van der Waals surface area contributed by atoms with Crippen LogP contribution < -0.4 is 10.1 Å². The number of carboxylic acid groups (broad SMARTS) is 1. The molecule has 98 valence electrons. The highest BCUT2D eigenvalue weighted by Crippen LogP contribution is 2.29. The molecule has 2 unspecified atom stereocenters. The number of halogens is 1. The number of amides is 1. The highest BCUT2D eigenvalue weighted by atomic mass is 35.5. The van der Waals surface area contributed by atoms with Crippen LogP contribution in [0.1, 0.15) is 17.9 Å². The second kappa shape index (κ2) is 6.26. The van der Waals surface area contributed by atoms with Gasteiger partial charge in [0.05, 0.1) is 7.11 Å². The number of hydrogen-bond acceptors (Lipinski definition) is 3. The topological polar surface area (TPSA) is 75.6 Å². The van der Waals surface area contributed by atoms with Crippen LogP contribution in [0.5, 0.6) is 5.75 Å². The molecule has 0 aliphatic heterocycles. The maximum Gasteiger partial charge on any atom is 0.325 e. The summed E-state index contributed by atoms with van der Waals surface area (Å²) < 4.78 is 5.09. The zero-order valence-corrected chi connectivity index (χ0v) is 10.8. The van der Waals surface area contributed by atoms with Gasteiger partial charge in [0, 0.05) is 5.56 Å². The van der Waals surface area contributed by atoms with Crippen molar-refractivity contribution in [1.82, 2.24) is 5.32 Å². The summed E-state index contributed by atoms with van der Waals surface area (Å²) in [5.41, 5.74) is 0.497. The summed E-state index contributed by atoms with van der Waals surface area (Å²) in [6.45, 7) is 1.37. The Hall–Kier alpha value is -1.75. The number of para-hydroxylation sites is 1. The summed E-state index contributed by atoms with van der Waals surface area (Å²) in [5, 5.41) is 10.0. The first-order valence-corrected chi connectivity index (χ1v) is 5.71.